The van der Waals surface area contributed by atoms with Crippen LogP contribution in [0.4, 0.5) is 11.8 Å². The Labute approximate surface area is 182 Å². The molecule has 5 atom stereocenters. The standard InChI is InChI=1S/C19H24N8O5/c1-31-12-2-4-20-19(25-12)26-5-3-10(6-26)24-16-13-17(22-8-21-16)27(9-23-13)18-15(30)14(29)11(7-28)32-18/h2,4,8-11,14-15,18,28-30H,3,5-7H2,1H3,(H,21,22,24)/t10-,11+,14-,15-,18+/m0/s1. The average molecular weight is 444 g/mol. The van der Waals surface area contributed by atoms with Gasteiger partial charge in [-0.2, -0.15) is 4.98 Å². The normalized spacial score (nSPS) is 27.9. The molecule has 13 nitrogen and oxygen atoms in total. The van der Waals surface area contributed by atoms with Crippen LogP contribution in [0, 0.1) is 0 Å². The van der Waals surface area contributed by atoms with E-state index in [-0.39, 0.29) is 6.04 Å². The summed E-state index contributed by atoms with van der Waals surface area (Å²) < 4.78 is 12.3. The van der Waals surface area contributed by atoms with Gasteiger partial charge in [0.05, 0.1) is 20.0 Å². The summed E-state index contributed by atoms with van der Waals surface area (Å²) in [5.41, 5.74) is 0.963. The smallest absolute Gasteiger partial charge is 0.228 e. The molecule has 0 aliphatic carbocycles. The maximum atomic E-state index is 10.3. The van der Waals surface area contributed by atoms with Gasteiger partial charge in [0.1, 0.15) is 24.6 Å². The van der Waals surface area contributed by atoms with Crippen molar-refractivity contribution in [3.05, 3.63) is 24.9 Å². The molecule has 3 aromatic rings. The largest absolute Gasteiger partial charge is 0.481 e. The predicted octanol–water partition coefficient (Wildman–Crippen LogP) is -1.07. The highest BCUT2D eigenvalue weighted by molar-refractivity contribution is 5.83. The first-order valence-corrected chi connectivity index (χ1v) is 10.3. The number of nitrogens with zero attached hydrogens (tertiary/aromatic N) is 7. The van der Waals surface area contributed by atoms with Gasteiger partial charge in [-0.15, -0.1) is 0 Å². The second kappa shape index (κ2) is 8.43. The maximum Gasteiger partial charge on any atom is 0.228 e. The molecule has 2 aliphatic rings. The first-order chi connectivity index (χ1) is 15.6. The van der Waals surface area contributed by atoms with Gasteiger partial charge < -0.3 is 35.0 Å². The van der Waals surface area contributed by atoms with Gasteiger partial charge in [-0.25, -0.2) is 19.9 Å². The zero-order valence-electron chi connectivity index (χ0n) is 17.3. The molecule has 5 rings (SSSR count). The Morgan fingerprint density at radius 2 is 2.09 bits per heavy atom. The Bertz CT molecular complexity index is 1100. The number of aliphatic hydroxyl groups excluding tert-OH is 3. The molecule has 32 heavy (non-hydrogen) atoms. The van der Waals surface area contributed by atoms with E-state index in [2.05, 4.69) is 35.1 Å². The summed E-state index contributed by atoms with van der Waals surface area (Å²) in [5.74, 6) is 1.67. The molecule has 0 bridgehead atoms. The number of anilines is 2. The molecular formula is C19H24N8O5. The molecule has 170 valence electrons. The van der Waals surface area contributed by atoms with Gasteiger partial charge in [-0.05, 0) is 6.42 Å². The van der Waals surface area contributed by atoms with Gasteiger partial charge in [0.15, 0.2) is 23.2 Å². The van der Waals surface area contributed by atoms with Crippen LogP contribution in [-0.4, -0.2) is 96.0 Å². The van der Waals surface area contributed by atoms with Crippen molar-refractivity contribution in [3.63, 3.8) is 0 Å². The van der Waals surface area contributed by atoms with Gasteiger partial charge in [-0.1, -0.05) is 0 Å². The summed E-state index contributed by atoms with van der Waals surface area (Å²) in [7, 11) is 1.57. The monoisotopic (exact) mass is 444 g/mol. The van der Waals surface area contributed by atoms with Gasteiger partial charge in [0.25, 0.3) is 0 Å². The van der Waals surface area contributed by atoms with Crippen molar-refractivity contribution in [2.75, 3.05) is 37.0 Å². The van der Waals surface area contributed by atoms with Crippen molar-refractivity contribution < 1.29 is 24.8 Å². The van der Waals surface area contributed by atoms with Gasteiger partial charge in [0, 0.05) is 31.4 Å². The Morgan fingerprint density at radius 3 is 2.88 bits per heavy atom. The lowest BCUT2D eigenvalue weighted by Gasteiger charge is -2.18. The van der Waals surface area contributed by atoms with Crippen LogP contribution in [0.1, 0.15) is 12.6 Å². The third-order valence-electron chi connectivity index (χ3n) is 5.79. The molecule has 2 fully saturated rings. The number of rotatable bonds is 6. The van der Waals surface area contributed by atoms with E-state index < -0.39 is 31.1 Å². The lowest BCUT2D eigenvalue weighted by Crippen LogP contribution is -2.33. The maximum absolute atomic E-state index is 10.3. The lowest BCUT2D eigenvalue weighted by molar-refractivity contribution is -0.0511. The molecular weight excluding hydrogens is 420 g/mol. The van der Waals surface area contributed by atoms with Crippen LogP contribution in [0.15, 0.2) is 24.9 Å². The first kappa shape index (κ1) is 20.8. The Morgan fingerprint density at radius 1 is 1.22 bits per heavy atom. The third kappa shape index (κ3) is 3.58. The second-order valence-corrected chi connectivity index (χ2v) is 7.75. The zero-order chi connectivity index (χ0) is 22.2. The fourth-order valence-corrected chi connectivity index (χ4v) is 4.11. The SMILES string of the molecule is COc1ccnc(N2CC[C@H](Nc3ncnc4c3ncn4[C@@H]3O[C@H](CO)[C@H](O)[C@@H]3O)C2)n1. The van der Waals surface area contributed by atoms with E-state index >= 15 is 0 Å². The number of aromatic nitrogens is 6. The van der Waals surface area contributed by atoms with E-state index in [1.165, 1.54) is 17.2 Å². The van der Waals surface area contributed by atoms with Crippen LogP contribution >= 0.6 is 0 Å². The summed E-state index contributed by atoms with van der Waals surface area (Å²) in [6.45, 7) is 1.04. The van der Waals surface area contributed by atoms with Crippen molar-refractivity contribution in [1.82, 2.24) is 29.5 Å². The summed E-state index contributed by atoms with van der Waals surface area (Å²) in [6.07, 6.45) is 1.18. The number of aliphatic hydroxyl groups is 3. The molecule has 0 saturated carbocycles. The minimum Gasteiger partial charge on any atom is -0.481 e. The lowest BCUT2D eigenvalue weighted by atomic mass is 10.1. The highest BCUT2D eigenvalue weighted by Gasteiger charge is 2.44. The van der Waals surface area contributed by atoms with Crippen molar-refractivity contribution in [2.45, 2.75) is 37.0 Å². The molecule has 0 unspecified atom stereocenters. The van der Waals surface area contributed by atoms with Crippen LogP contribution < -0.4 is 15.0 Å². The number of hydrogen-bond acceptors (Lipinski definition) is 12. The fraction of sp³-hybridized carbons (Fsp3) is 0.526. The minimum absolute atomic E-state index is 0.0852. The molecule has 4 N–H and O–H groups in total. The van der Waals surface area contributed by atoms with Gasteiger partial charge >= 0.3 is 0 Å². The van der Waals surface area contributed by atoms with Crippen LogP contribution in [-0.2, 0) is 4.74 Å². The molecule has 5 heterocycles. The third-order valence-corrected chi connectivity index (χ3v) is 5.79. The summed E-state index contributed by atoms with van der Waals surface area (Å²) in [6, 6.07) is 1.79. The van der Waals surface area contributed by atoms with Crippen molar-refractivity contribution >= 4 is 22.9 Å². The van der Waals surface area contributed by atoms with Crippen LogP contribution in [0.2, 0.25) is 0 Å². The summed E-state index contributed by atoms with van der Waals surface area (Å²) >= 11 is 0. The molecule has 0 spiro atoms. The summed E-state index contributed by atoms with van der Waals surface area (Å²) in [4.78, 5) is 23.8. The van der Waals surface area contributed by atoms with E-state index in [4.69, 9.17) is 9.47 Å². The average Bonchev–Trinajstić information content (AvgIpc) is 3.53. The number of nitrogens with one attached hydrogen (secondary N) is 1. The molecule has 3 aromatic heterocycles. The Hall–Kier alpha value is -3.13. The van der Waals surface area contributed by atoms with Crippen molar-refractivity contribution in [2.24, 2.45) is 0 Å². The highest BCUT2D eigenvalue weighted by atomic mass is 16.6. The zero-order valence-corrected chi connectivity index (χ0v) is 17.3. The van der Waals surface area contributed by atoms with E-state index in [1.54, 1.807) is 19.4 Å². The van der Waals surface area contributed by atoms with E-state index in [9.17, 15) is 15.3 Å². The number of hydrogen-bond donors (Lipinski definition) is 4. The minimum atomic E-state index is -1.22. The van der Waals surface area contributed by atoms with Gasteiger partial charge in [-0.3, -0.25) is 4.57 Å². The van der Waals surface area contributed by atoms with Crippen LogP contribution in [0.3, 0.4) is 0 Å². The quantitative estimate of drug-likeness (QED) is 0.364. The number of imidazole rings is 1. The predicted molar refractivity (Wildman–Crippen MR) is 111 cm³/mol. The molecule has 2 saturated heterocycles. The Kier molecular flexibility index (Phi) is 5.46. The first-order valence-electron chi connectivity index (χ1n) is 10.3. The van der Waals surface area contributed by atoms with E-state index in [1.807, 2.05) is 0 Å². The van der Waals surface area contributed by atoms with Gasteiger partial charge in [0.2, 0.25) is 11.8 Å². The van der Waals surface area contributed by atoms with E-state index in [0.29, 0.717) is 35.4 Å². The van der Waals surface area contributed by atoms with Crippen molar-refractivity contribution in [3.8, 4) is 5.88 Å². The van der Waals surface area contributed by atoms with Crippen LogP contribution in [0.5, 0.6) is 5.88 Å². The molecule has 0 aromatic carbocycles. The Balaban J connectivity index is 1.34. The number of ether oxygens (including phenoxy) is 2. The topological polar surface area (TPSA) is 164 Å². The molecule has 0 radical (unpaired) electrons. The fourth-order valence-electron chi connectivity index (χ4n) is 4.11. The van der Waals surface area contributed by atoms with E-state index in [0.717, 1.165) is 13.0 Å². The van der Waals surface area contributed by atoms with Crippen LogP contribution in [0.25, 0.3) is 11.2 Å². The molecule has 0 amide bonds. The molecule has 2 aliphatic heterocycles. The highest BCUT2D eigenvalue weighted by Crippen LogP contribution is 2.32. The number of fused-ring (bicyclic) bond motifs is 1. The second-order valence-electron chi connectivity index (χ2n) is 7.75. The van der Waals surface area contributed by atoms with Crippen molar-refractivity contribution in [1.29, 1.82) is 0 Å². The molecule has 13 heteroatoms. The summed E-state index contributed by atoms with van der Waals surface area (Å²) in [5, 5.41) is 33.2. The number of methoxy groups -OCH3 is 1.